The van der Waals surface area contributed by atoms with Gasteiger partial charge >= 0.3 is 11.9 Å². The average Bonchev–Trinajstić information content (AvgIpc) is 3.39. The molecule has 1 unspecified atom stereocenters. The summed E-state index contributed by atoms with van der Waals surface area (Å²) in [5.41, 5.74) is 1.26. The lowest BCUT2D eigenvalue weighted by Crippen LogP contribution is -2.41. The molecule has 0 N–H and O–H groups in total. The number of non-ortho nitro benzene ring substituents is 1. The van der Waals surface area contributed by atoms with Crippen molar-refractivity contribution >= 4 is 23.7 Å². The van der Waals surface area contributed by atoms with E-state index in [1.165, 1.54) is 31.4 Å². The number of esters is 2. The van der Waals surface area contributed by atoms with Gasteiger partial charge in [-0.3, -0.25) is 14.9 Å². The van der Waals surface area contributed by atoms with Crippen LogP contribution in [0.2, 0.25) is 0 Å². The zero-order chi connectivity index (χ0) is 30.8. The average molecular weight is 586 g/mol. The third-order valence-corrected chi connectivity index (χ3v) is 8.43. The van der Waals surface area contributed by atoms with Crippen LogP contribution in [0.15, 0.2) is 115 Å². The van der Waals surface area contributed by atoms with Gasteiger partial charge in [0.2, 0.25) is 0 Å². The van der Waals surface area contributed by atoms with E-state index < -0.39 is 46.4 Å². The van der Waals surface area contributed by atoms with E-state index in [0.717, 1.165) is 16.7 Å². The smallest absolute Gasteiger partial charge is 0.330 e. The number of nitro benzene ring substituents is 1. The lowest BCUT2D eigenvalue weighted by molar-refractivity contribution is -0.384. The van der Waals surface area contributed by atoms with Crippen molar-refractivity contribution in [3.8, 4) is 6.07 Å². The SMILES string of the molecule is COC(=O)[C@]1(C#N)C2c3ccccc3C=CN2[C@@H](C(=O)OC(c2ccccc2)c2ccccc2)[C@@H]1c1ccc([N+](=O)[O-])cc1. The Morgan fingerprint density at radius 3 is 2.07 bits per heavy atom. The number of nitriles is 1. The summed E-state index contributed by atoms with van der Waals surface area (Å²) in [6.07, 6.45) is 2.76. The van der Waals surface area contributed by atoms with Gasteiger partial charge in [-0.1, -0.05) is 97.1 Å². The maximum atomic E-state index is 14.6. The highest BCUT2D eigenvalue weighted by Gasteiger charge is 2.68. The van der Waals surface area contributed by atoms with Crippen LogP contribution in [0.4, 0.5) is 5.69 Å². The lowest BCUT2D eigenvalue weighted by Gasteiger charge is -2.35. The molecule has 4 aromatic carbocycles. The molecule has 2 aliphatic rings. The number of nitro groups is 1. The number of methoxy groups -OCH3 is 1. The van der Waals surface area contributed by atoms with Gasteiger partial charge in [0, 0.05) is 24.3 Å². The largest absolute Gasteiger partial charge is 0.468 e. The second-order valence-electron chi connectivity index (χ2n) is 10.7. The molecule has 44 heavy (non-hydrogen) atoms. The predicted octanol–water partition coefficient (Wildman–Crippen LogP) is 6.10. The molecule has 218 valence electrons. The zero-order valence-electron chi connectivity index (χ0n) is 23.6. The second kappa shape index (κ2) is 11.5. The van der Waals surface area contributed by atoms with Gasteiger partial charge in [-0.05, 0) is 33.9 Å². The molecule has 0 aromatic heterocycles. The van der Waals surface area contributed by atoms with Crippen LogP contribution in [-0.2, 0) is 19.1 Å². The molecule has 4 aromatic rings. The molecule has 1 fully saturated rings. The molecule has 9 nitrogen and oxygen atoms in total. The first-order chi connectivity index (χ1) is 21.4. The van der Waals surface area contributed by atoms with Crippen LogP contribution >= 0.6 is 0 Å². The molecule has 4 atom stereocenters. The first-order valence-electron chi connectivity index (χ1n) is 14.0. The van der Waals surface area contributed by atoms with Crippen molar-refractivity contribution in [1.29, 1.82) is 5.26 Å². The fourth-order valence-electron chi connectivity index (χ4n) is 6.51. The first kappa shape index (κ1) is 28.4. The minimum absolute atomic E-state index is 0.164. The summed E-state index contributed by atoms with van der Waals surface area (Å²) in [7, 11) is 1.20. The lowest BCUT2D eigenvalue weighted by atomic mass is 9.67. The van der Waals surface area contributed by atoms with Gasteiger partial charge < -0.3 is 14.4 Å². The van der Waals surface area contributed by atoms with Crippen LogP contribution in [0.25, 0.3) is 6.08 Å². The summed E-state index contributed by atoms with van der Waals surface area (Å²) in [5, 5.41) is 22.4. The summed E-state index contributed by atoms with van der Waals surface area (Å²) >= 11 is 0. The van der Waals surface area contributed by atoms with Crippen LogP contribution in [0, 0.1) is 26.9 Å². The number of carbonyl (C=O) groups is 2. The predicted molar refractivity (Wildman–Crippen MR) is 161 cm³/mol. The minimum atomic E-state index is -1.91. The highest BCUT2D eigenvalue weighted by molar-refractivity contribution is 5.90. The molecule has 0 radical (unpaired) electrons. The van der Waals surface area contributed by atoms with Gasteiger partial charge in [0.05, 0.1) is 24.1 Å². The maximum Gasteiger partial charge on any atom is 0.330 e. The Morgan fingerprint density at radius 1 is 0.909 bits per heavy atom. The number of benzene rings is 4. The fourth-order valence-corrected chi connectivity index (χ4v) is 6.51. The summed E-state index contributed by atoms with van der Waals surface area (Å²) in [4.78, 5) is 41.1. The molecule has 0 aliphatic carbocycles. The van der Waals surface area contributed by atoms with E-state index in [0.29, 0.717) is 11.1 Å². The minimum Gasteiger partial charge on any atom is -0.468 e. The molecule has 6 rings (SSSR count). The Morgan fingerprint density at radius 2 is 1.50 bits per heavy atom. The van der Waals surface area contributed by atoms with E-state index >= 15 is 0 Å². The standard InChI is InChI=1S/C35H27N3O6/c1-43-34(40)35(22-36)29(24-16-18-27(19-17-24)38(41)42)30(37-21-20-23-10-8-9-15-28(23)32(35)37)33(39)44-31(25-11-4-2-5-12-25)26-13-6-3-7-14-26/h2-21,29-32H,1H3/t29-,30+,32?,35-/m0/s1. The Kier molecular flexibility index (Phi) is 7.41. The van der Waals surface area contributed by atoms with Gasteiger partial charge in [-0.2, -0.15) is 5.26 Å². The highest BCUT2D eigenvalue weighted by atomic mass is 16.6. The molecule has 0 bridgehead atoms. The van der Waals surface area contributed by atoms with Crippen LogP contribution < -0.4 is 0 Å². The fraction of sp³-hybridized carbons (Fsp3) is 0.171. The number of hydrogen-bond acceptors (Lipinski definition) is 8. The number of carbonyl (C=O) groups excluding carboxylic acids is 2. The van der Waals surface area contributed by atoms with E-state index in [-0.39, 0.29) is 5.69 Å². The van der Waals surface area contributed by atoms with Crippen LogP contribution in [-0.4, -0.2) is 34.9 Å². The van der Waals surface area contributed by atoms with Crippen molar-refractivity contribution in [3.63, 3.8) is 0 Å². The molecule has 2 heterocycles. The van der Waals surface area contributed by atoms with Gasteiger partial charge in [0.1, 0.15) is 6.04 Å². The van der Waals surface area contributed by atoms with Crippen LogP contribution in [0.5, 0.6) is 0 Å². The van der Waals surface area contributed by atoms with E-state index in [1.807, 2.05) is 91.0 Å². The van der Waals surface area contributed by atoms with E-state index in [2.05, 4.69) is 6.07 Å². The van der Waals surface area contributed by atoms with Crippen molar-refractivity contribution in [2.75, 3.05) is 7.11 Å². The van der Waals surface area contributed by atoms with Crippen LogP contribution in [0.3, 0.4) is 0 Å². The number of ether oxygens (including phenoxy) is 2. The number of hydrogen-bond donors (Lipinski definition) is 0. The Hall–Kier alpha value is -5.75. The van der Waals surface area contributed by atoms with Crippen molar-refractivity contribution in [2.24, 2.45) is 5.41 Å². The molecule has 2 aliphatic heterocycles. The van der Waals surface area contributed by atoms with E-state index in [9.17, 15) is 25.0 Å². The van der Waals surface area contributed by atoms with E-state index in [4.69, 9.17) is 9.47 Å². The third kappa shape index (κ3) is 4.57. The molecule has 0 spiro atoms. The van der Waals surface area contributed by atoms with Crippen molar-refractivity contribution in [3.05, 3.63) is 153 Å². The van der Waals surface area contributed by atoms with Gasteiger partial charge in [-0.25, -0.2) is 4.79 Å². The quantitative estimate of drug-likeness (QED) is 0.145. The van der Waals surface area contributed by atoms with Crippen molar-refractivity contribution in [2.45, 2.75) is 24.1 Å². The van der Waals surface area contributed by atoms with Gasteiger partial charge in [0.25, 0.3) is 5.69 Å². The number of nitrogens with zero attached hydrogens (tertiary/aromatic N) is 3. The first-order valence-corrected chi connectivity index (χ1v) is 14.0. The summed E-state index contributed by atoms with van der Waals surface area (Å²) in [5.74, 6) is -2.59. The summed E-state index contributed by atoms with van der Waals surface area (Å²) < 4.78 is 11.6. The van der Waals surface area contributed by atoms with Gasteiger partial charge in [0.15, 0.2) is 11.5 Å². The Balaban J connectivity index is 1.54. The maximum absolute atomic E-state index is 14.6. The number of rotatable bonds is 7. The van der Waals surface area contributed by atoms with E-state index in [1.54, 1.807) is 11.1 Å². The van der Waals surface area contributed by atoms with Gasteiger partial charge in [-0.15, -0.1) is 0 Å². The van der Waals surface area contributed by atoms with Crippen molar-refractivity contribution < 1.29 is 24.0 Å². The normalized spacial score (nSPS) is 21.6. The molecule has 0 amide bonds. The molecule has 1 saturated heterocycles. The molecule has 9 heteroatoms. The third-order valence-electron chi connectivity index (χ3n) is 8.43. The monoisotopic (exact) mass is 585 g/mol. The van der Waals surface area contributed by atoms with Crippen LogP contribution in [0.1, 0.15) is 45.9 Å². The zero-order valence-corrected chi connectivity index (χ0v) is 23.6. The number of fused-ring (bicyclic) bond motifs is 3. The Bertz CT molecular complexity index is 1750. The van der Waals surface area contributed by atoms with Crippen molar-refractivity contribution in [1.82, 2.24) is 4.90 Å². The molecular formula is C35H27N3O6. The summed E-state index contributed by atoms with van der Waals surface area (Å²) in [6, 6.07) is 31.7. The molecular weight excluding hydrogens is 558 g/mol. The molecule has 0 saturated carbocycles. The second-order valence-corrected chi connectivity index (χ2v) is 10.7. The summed E-state index contributed by atoms with van der Waals surface area (Å²) in [6.45, 7) is 0. The highest BCUT2D eigenvalue weighted by Crippen LogP contribution is 2.60. The Labute approximate surface area is 253 Å². The topological polar surface area (TPSA) is 123 Å².